The first-order valence-corrected chi connectivity index (χ1v) is 8.37. The van der Waals surface area contributed by atoms with E-state index in [9.17, 15) is 9.82 Å². The van der Waals surface area contributed by atoms with Gasteiger partial charge in [0.05, 0.1) is 6.42 Å². The molecule has 22 heavy (non-hydrogen) atoms. The van der Waals surface area contributed by atoms with Gasteiger partial charge in [-0.3, -0.25) is 4.79 Å². The molecule has 0 unspecified atom stereocenters. The van der Waals surface area contributed by atoms with Gasteiger partial charge < -0.3 is 19.8 Å². The van der Waals surface area contributed by atoms with Gasteiger partial charge in [0.2, 0.25) is 0 Å². The molecule has 0 bridgehead atoms. The highest BCUT2D eigenvalue weighted by Crippen LogP contribution is 2.31. The Morgan fingerprint density at radius 1 is 1.41 bits per heavy atom. The van der Waals surface area contributed by atoms with Crippen LogP contribution in [-0.4, -0.2) is 64.1 Å². The summed E-state index contributed by atoms with van der Waals surface area (Å²) in [5.74, 6) is -0.147. The molecule has 1 aliphatic rings. The van der Waals surface area contributed by atoms with Crippen molar-refractivity contribution in [2.75, 3.05) is 31.1 Å². The molecular formula is C13H20BIN4O3. The number of halogens is 1. The van der Waals surface area contributed by atoms with E-state index < -0.39 is 13.0 Å². The molecule has 7 nitrogen and oxygen atoms in total. The van der Waals surface area contributed by atoms with Gasteiger partial charge in [0.25, 0.3) is 0 Å². The summed E-state index contributed by atoms with van der Waals surface area (Å²) in [5, 5.41) is 18.7. The number of carbonyl (C=O) groups is 1. The highest BCUT2D eigenvalue weighted by molar-refractivity contribution is 14.1. The van der Waals surface area contributed by atoms with E-state index in [4.69, 9.17) is 5.11 Å². The predicted molar refractivity (Wildman–Crippen MR) is 93.0 cm³/mol. The summed E-state index contributed by atoms with van der Waals surface area (Å²) in [4.78, 5) is 23.8. The summed E-state index contributed by atoms with van der Waals surface area (Å²) in [6.45, 7) is 6.68. The molecule has 0 saturated carbocycles. The molecule has 0 radical (unpaired) electrons. The van der Waals surface area contributed by atoms with E-state index >= 15 is 0 Å². The quantitative estimate of drug-likeness (QED) is 0.417. The smallest absolute Gasteiger partial charge is 0.376 e. The Morgan fingerprint density at radius 2 is 2.05 bits per heavy atom. The number of anilines is 1. The number of carboxylic acid groups (broad SMARTS) is 1. The van der Waals surface area contributed by atoms with Gasteiger partial charge in [-0.15, -0.1) is 0 Å². The second-order valence-electron chi connectivity index (χ2n) is 5.56. The van der Waals surface area contributed by atoms with Crippen molar-refractivity contribution in [3.8, 4) is 0 Å². The zero-order valence-corrected chi connectivity index (χ0v) is 14.9. The van der Waals surface area contributed by atoms with Crippen LogP contribution in [0.15, 0.2) is 6.33 Å². The standard InChI is InChI=1S/C13H20BIN4O3/c1-9(7-10(20)21)11-12(15)16-8-17-13(11)18-3-5-19(6-4-18)14(2)22/h8-9,22H,3-7H2,1-2H3,(H,20,21)/t9-/m1/s1. The third-order valence-corrected chi connectivity index (χ3v) is 4.79. The fourth-order valence-electron chi connectivity index (χ4n) is 2.71. The number of hydrogen-bond donors (Lipinski definition) is 2. The normalized spacial score (nSPS) is 17.4. The number of aromatic nitrogens is 2. The number of piperazine rings is 1. The third-order valence-electron chi connectivity index (χ3n) is 3.93. The van der Waals surface area contributed by atoms with Crippen molar-refractivity contribution in [1.29, 1.82) is 0 Å². The van der Waals surface area contributed by atoms with Gasteiger partial charge in [-0.05, 0) is 35.3 Å². The van der Waals surface area contributed by atoms with Crippen LogP contribution in [0.2, 0.25) is 6.82 Å². The number of hydrogen-bond acceptors (Lipinski definition) is 6. The molecule has 1 aromatic rings. The minimum Gasteiger partial charge on any atom is -0.481 e. The van der Waals surface area contributed by atoms with Gasteiger partial charge in [0.15, 0.2) is 0 Å². The second-order valence-corrected chi connectivity index (χ2v) is 6.58. The van der Waals surface area contributed by atoms with E-state index in [0.29, 0.717) is 0 Å². The lowest BCUT2D eigenvalue weighted by atomic mass is 9.84. The van der Waals surface area contributed by atoms with E-state index in [-0.39, 0.29) is 12.3 Å². The molecule has 1 atom stereocenters. The maximum Gasteiger partial charge on any atom is 0.376 e. The maximum absolute atomic E-state index is 11.0. The lowest BCUT2D eigenvalue weighted by Crippen LogP contribution is -2.52. The molecule has 0 amide bonds. The van der Waals surface area contributed by atoms with Crippen molar-refractivity contribution in [3.63, 3.8) is 0 Å². The molecule has 1 aliphatic heterocycles. The van der Waals surface area contributed by atoms with Crippen molar-refractivity contribution in [3.05, 3.63) is 15.6 Å². The Bertz CT molecular complexity index is 538. The first-order valence-electron chi connectivity index (χ1n) is 7.29. The molecule has 0 spiro atoms. The number of nitrogens with zero attached hydrogens (tertiary/aromatic N) is 4. The Morgan fingerprint density at radius 3 is 2.59 bits per heavy atom. The summed E-state index contributed by atoms with van der Waals surface area (Å²) < 4.78 is 0.800. The lowest BCUT2D eigenvalue weighted by molar-refractivity contribution is -0.137. The Labute approximate surface area is 144 Å². The molecule has 2 rings (SSSR count). The van der Waals surface area contributed by atoms with Crippen molar-refractivity contribution in [1.82, 2.24) is 14.8 Å². The number of aliphatic carboxylic acids is 1. The van der Waals surface area contributed by atoms with E-state index in [2.05, 4.69) is 37.5 Å². The molecule has 0 aromatic carbocycles. The summed E-state index contributed by atoms with van der Waals surface area (Å²) in [6.07, 6.45) is 1.58. The molecule has 9 heteroatoms. The third kappa shape index (κ3) is 4.08. The highest BCUT2D eigenvalue weighted by atomic mass is 127. The zero-order valence-electron chi connectivity index (χ0n) is 12.7. The van der Waals surface area contributed by atoms with Crippen LogP contribution in [0, 0.1) is 3.70 Å². The highest BCUT2D eigenvalue weighted by Gasteiger charge is 2.27. The van der Waals surface area contributed by atoms with Crippen LogP contribution in [-0.2, 0) is 4.79 Å². The fraction of sp³-hybridized carbons (Fsp3) is 0.615. The average Bonchev–Trinajstić information content (AvgIpc) is 2.46. The predicted octanol–water partition coefficient (Wildman–Crippen LogP) is 0.892. The van der Waals surface area contributed by atoms with Crippen molar-refractivity contribution in [2.24, 2.45) is 0 Å². The van der Waals surface area contributed by atoms with Crippen LogP contribution >= 0.6 is 22.6 Å². The molecule has 2 heterocycles. The van der Waals surface area contributed by atoms with E-state index in [1.54, 1.807) is 6.82 Å². The van der Waals surface area contributed by atoms with Crippen molar-refractivity contribution < 1.29 is 14.9 Å². The molecule has 1 fully saturated rings. The topological polar surface area (TPSA) is 89.8 Å². The first-order chi connectivity index (χ1) is 10.4. The Balaban J connectivity index is 2.21. The fourth-order valence-corrected chi connectivity index (χ4v) is 3.61. The van der Waals surface area contributed by atoms with E-state index in [1.807, 2.05) is 11.7 Å². The van der Waals surface area contributed by atoms with Gasteiger partial charge >= 0.3 is 13.0 Å². The minimum absolute atomic E-state index is 0.0595. The molecular weight excluding hydrogens is 398 g/mol. The summed E-state index contributed by atoms with van der Waals surface area (Å²) >= 11 is 2.14. The first kappa shape index (κ1) is 17.4. The van der Waals surface area contributed by atoms with Crippen LogP contribution in [0.3, 0.4) is 0 Å². The number of carboxylic acids is 1. The van der Waals surface area contributed by atoms with Gasteiger partial charge in [-0.2, -0.15) is 0 Å². The monoisotopic (exact) mass is 418 g/mol. The molecule has 1 saturated heterocycles. The largest absolute Gasteiger partial charge is 0.481 e. The maximum atomic E-state index is 11.0. The van der Waals surface area contributed by atoms with E-state index in [1.165, 1.54) is 6.33 Å². The molecule has 0 aliphatic carbocycles. The minimum atomic E-state index is -0.822. The zero-order chi connectivity index (χ0) is 16.3. The van der Waals surface area contributed by atoms with Gasteiger partial charge in [-0.1, -0.05) is 6.92 Å². The molecule has 120 valence electrons. The summed E-state index contributed by atoms with van der Waals surface area (Å²) in [5.41, 5.74) is 0.899. The summed E-state index contributed by atoms with van der Waals surface area (Å²) in [6, 6.07) is 0. The lowest BCUT2D eigenvalue weighted by Gasteiger charge is -2.37. The summed E-state index contributed by atoms with van der Waals surface area (Å²) in [7, 11) is -0.446. The van der Waals surface area contributed by atoms with Crippen LogP contribution < -0.4 is 4.90 Å². The Kier molecular flexibility index (Phi) is 5.98. The molecule has 1 aromatic heterocycles. The second kappa shape index (κ2) is 7.56. The van der Waals surface area contributed by atoms with Gasteiger partial charge in [0, 0.05) is 31.7 Å². The molecule has 2 N–H and O–H groups in total. The van der Waals surface area contributed by atoms with Crippen LogP contribution in [0.25, 0.3) is 0 Å². The van der Waals surface area contributed by atoms with Gasteiger partial charge in [0.1, 0.15) is 15.8 Å². The Hall–Kier alpha value is -0.935. The van der Waals surface area contributed by atoms with Gasteiger partial charge in [-0.25, -0.2) is 9.97 Å². The van der Waals surface area contributed by atoms with Crippen LogP contribution in [0.5, 0.6) is 0 Å². The van der Waals surface area contributed by atoms with Crippen LogP contribution in [0.1, 0.15) is 24.8 Å². The van der Waals surface area contributed by atoms with Crippen LogP contribution in [0.4, 0.5) is 5.82 Å². The van der Waals surface area contributed by atoms with E-state index in [0.717, 1.165) is 41.3 Å². The SMILES string of the molecule is CB(O)N1CCN(c2ncnc(I)c2[C@H](C)CC(=O)O)CC1. The number of rotatable bonds is 5. The average molecular weight is 418 g/mol. The van der Waals surface area contributed by atoms with Crippen molar-refractivity contribution in [2.45, 2.75) is 26.1 Å². The van der Waals surface area contributed by atoms with Crippen molar-refractivity contribution >= 4 is 41.4 Å².